The highest BCUT2D eigenvalue weighted by Crippen LogP contribution is 2.22. The summed E-state index contributed by atoms with van der Waals surface area (Å²) in [5.41, 5.74) is 3.17. The Morgan fingerprint density at radius 3 is 3.00 bits per heavy atom. The molecule has 1 unspecified atom stereocenters. The Hall–Kier alpha value is -1.20. The Morgan fingerprint density at radius 2 is 2.41 bits per heavy atom. The lowest BCUT2D eigenvalue weighted by atomic mass is 10.1. The van der Waals surface area contributed by atoms with Crippen LogP contribution in [0.3, 0.4) is 0 Å². The van der Waals surface area contributed by atoms with Gasteiger partial charge in [-0.1, -0.05) is 6.92 Å². The number of thiazole rings is 1. The van der Waals surface area contributed by atoms with Gasteiger partial charge in [0.25, 0.3) is 0 Å². The molecule has 0 aliphatic rings. The van der Waals surface area contributed by atoms with E-state index in [0.29, 0.717) is 6.04 Å². The van der Waals surface area contributed by atoms with Crippen LogP contribution in [0.15, 0.2) is 24.0 Å². The molecule has 92 valence electrons. The Morgan fingerprint density at radius 1 is 1.53 bits per heavy atom. The quantitative estimate of drug-likeness (QED) is 0.854. The lowest BCUT2D eigenvalue weighted by molar-refractivity contribution is 0.512. The van der Waals surface area contributed by atoms with E-state index in [1.807, 2.05) is 29.6 Å². The van der Waals surface area contributed by atoms with Crippen LogP contribution in [0.2, 0.25) is 0 Å². The molecule has 0 saturated heterocycles. The van der Waals surface area contributed by atoms with Gasteiger partial charge >= 0.3 is 0 Å². The molecule has 0 bridgehead atoms. The Labute approximate surface area is 106 Å². The van der Waals surface area contributed by atoms with Crippen molar-refractivity contribution in [3.05, 3.63) is 34.5 Å². The maximum absolute atomic E-state index is 4.19. The first-order chi connectivity index (χ1) is 8.31. The zero-order valence-corrected chi connectivity index (χ0v) is 11.1. The van der Waals surface area contributed by atoms with Crippen molar-refractivity contribution in [1.82, 2.24) is 20.1 Å². The second-order valence-corrected chi connectivity index (χ2v) is 4.92. The summed E-state index contributed by atoms with van der Waals surface area (Å²) >= 11 is 1.72. The molecule has 0 saturated carbocycles. The maximum Gasteiger partial charge on any atom is 0.0794 e. The van der Waals surface area contributed by atoms with E-state index >= 15 is 0 Å². The average Bonchev–Trinajstić information content (AvgIpc) is 2.96. The van der Waals surface area contributed by atoms with Gasteiger partial charge in [0.2, 0.25) is 0 Å². The van der Waals surface area contributed by atoms with Crippen molar-refractivity contribution in [2.45, 2.75) is 25.8 Å². The normalized spacial score (nSPS) is 12.8. The molecule has 2 aromatic heterocycles. The first-order valence-corrected chi connectivity index (χ1v) is 6.78. The summed E-state index contributed by atoms with van der Waals surface area (Å²) < 4.78 is 1.94. The number of nitrogens with one attached hydrogen (secondary N) is 1. The number of hydrogen-bond acceptors (Lipinski definition) is 4. The smallest absolute Gasteiger partial charge is 0.0794 e. The summed E-state index contributed by atoms with van der Waals surface area (Å²) in [6.45, 7) is 3.12. The molecule has 2 aromatic rings. The minimum atomic E-state index is 0.405. The third kappa shape index (κ3) is 3.14. The van der Waals surface area contributed by atoms with E-state index in [0.717, 1.165) is 19.4 Å². The molecule has 1 N–H and O–H groups in total. The van der Waals surface area contributed by atoms with Gasteiger partial charge in [-0.2, -0.15) is 5.10 Å². The molecule has 0 aliphatic heterocycles. The van der Waals surface area contributed by atoms with Gasteiger partial charge in [0.05, 0.1) is 5.51 Å². The van der Waals surface area contributed by atoms with E-state index in [4.69, 9.17) is 0 Å². The predicted molar refractivity (Wildman–Crippen MR) is 70.1 cm³/mol. The van der Waals surface area contributed by atoms with Gasteiger partial charge in [-0.3, -0.25) is 9.67 Å². The Kier molecular flexibility index (Phi) is 4.28. The summed E-state index contributed by atoms with van der Waals surface area (Å²) in [5, 5.41) is 7.70. The summed E-state index contributed by atoms with van der Waals surface area (Å²) in [6.07, 6.45) is 5.92. The highest BCUT2D eigenvalue weighted by Gasteiger charge is 2.12. The molecule has 1 atom stereocenters. The molecule has 2 rings (SSSR count). The van der Waals surface area contributed by atoms with Crippen molar-refractivity contribution in [2.75, 3.05) is 6.54 Å². The van der Waals surface area contributed by atoms with E-state index < -0.39 is 0 Å². The molecule has 2 heterocycles. The molecule has 4 nitrogen and oxygen atoms in total. The van der Waals surface area contributed by atoms with Crippen molar-refractivity contribution in [2.24, 2.45) is 7.05 Å². The van der Waals surface area contributed by atoms with Crippen molar-refractivity contribution in [3.8, 4) is 0 Å². The minimum absolute atomic E-state index is 0.405. The highest BCUT2D eigenvalue weighted by atomic mass is 32.1. The largest absolute Gasteiger partial charge is 0.309 e. The molecule has 0 aliphatic carbocycles. The SMILES string of the molecule is CCNC(CCc1ccnn1C)c1cncs1. The zero-order chi connectivity index (χ0) is 12.1. The fourth-order valence-corrected chi connectivity index (χ4v) is 2.66. The van der Waals surface area contributed by atoms with Crippen molar-refractivity contribution in [3.63, 3.8) is 0 Å². The van der Waals surface area contributed by atoms with Gasteiger partial charge in [0.15, 0.2) is 0 Å². The van der Waals surface area contributed by atoms with E-state index in [-0.39, 0.29) is 0 Å². The summed E-state index contributed by atoms with van der Waals surface area (Å²) in [5.74, 6) is 0. The Bertz CT molecular complexity index is 435. The molecule has 5 heteroatoms. The molecule has 0 spiro atoms. The van der Waals surface area contributed by atoms with Gasteiger partial charge in [-0.05, 0) is 25.5 Å². The van der Waals surface area contributed by atoms with E-state index in [2.05, 4.69) is 28.4 Å². The second kappa shape index (κ2) is 5.93. The Balaban J connectivity index is 1.97. The standard InChI is InChI=1S/C12H18N4S/c1-3-14-11(12-8-13-9-17-12)5-4-10-6-7-15-16(10)2/h6-9,11,14H,3-5H2,1-2H3. The van der Waals surface area contributed by atoms with Crippen molar-refractivity contribution >= 4 is 11.3 Å². The topological polar surface area (TPSA) is 42.7 Å². The van der Waals surface area contributed by atoms with Crippen molar-refractivity contribution in [1.29, 1.82) is 0 Å². The van der Waals surface area contributed by atoms with E-state index in [1.165, 1.54) is 10.6 Å². The van der Waals surface area contributed by atoms with Gasteiger partial charge < -0.3 is 5.32 Å². The van der Waals surface area contributed by atoms with Crippen LogP contribution in [0.1, 0.15) is 30.0 Å². The van der Waals surface area contributed by atoms with Crippen LogP contribution in [0.5, 0.6) is 0 Å². The molecular formula is C12H18N4S. The van der Waals surface area contributed by atoms with Crippen LogP contribution in [0.4, 0.5) is 0 Å². The lowest BCUT2D eigenvalue weighted by Crippen LogP contribution is -2.21. The fraction of sp³-hybridized carbons (Fsp3) is 0.500. The maximum atomic E-state index is 4.19. The number of nitrogens with zero attached hydrogens (tertiary/aromatic N) is 3. The summed E-state index contributed by atoms with van der Waals surface area (Å²) in [7, 11) is 1.99. The van der Waals surface area contributed by atoms with Crippen LogP contribution in [-0.4, -0.2) is 21.3 Å². The molecule has 0 amide bonds. The van der Waals surface area contributed by atoms with Crippen LogP contribution >= 0.6 is 11.3 Å². The summed E-state index contributed by atoms with van der Waals surface area (Å²) in [6, 6.07) is 2.48. The molecular weight excluding hydrogens is 232 g/mol. The number of aromatic nitrogens is 3. The molecule has 0 aromatic carbocycles. The van der Waals surface area contributed by atoms with E-state index in [9.17, 15) is 0 Å². The third-order valence-corrected chi connectivity index (χ3v) is 3.75. The monoisotopic (exact) mass is 250 g/mol. The predicted octanol–water partition coefficient (Wildman–Crippen LogP) is 2.16. The molecule has 0 radical (unpaired) electrons. The molecule has 0 fully saturated rings. The first-order valence-electron chi connectivity index (χ1n) is 5.90. The number of hydrogen-bond donors (Lipinski definition) is 1. The van der Waals surface area contributed by atoms with Crippen LogP contribution < -0.4 is 5.32 Å². The number of rotatable bonds is 6. The highest BCUT2D eigenvalue weighted by molar-refractivity contribution is 7.09. The molecule has 17 heavy (non-hydrogen) atoms. The van der Waals surface area contributed by atoms with E-state index in [1.54, 1.807) is 11.3 Å². The fourth-order valence-electron chi connectivity index (χ4n) is 1.93. The number of aryl methyl sites for hydroxylation is 2. The van der Waals surface area contributed by atoms with Crippen LogP contribution in [-0.2, 0) is 13.5 Å². The van der Waals surface area contributed by atoms with Gasteiger partial charge in [0, 0.05) is 36.1 Å². The van der Waals surface area contributed by atoms with Crippen molar-refractivity contribution < 1.29 is 0 Å². The van der Waals surface area contributed by atoms with Crippen LogP contribution in [0, 0.1) is 0 Å². The zero-order valence-electron chi connectivity index (χ0n) is 10.3. The lowest BCUT2D eigenvalue weighted by Gasteiger charge is -2.15. The summed E-state index contributed by atoms with van der Waals surface area (Å²) in [4.78, 5) is 5.46. The third-order valence-electron chi connectivity index (χ3n) is 2.86. The van der Waals surface area contributed by atoms with Gasteiger partial charge in [-0.15, -0.1) is 11.3 Å². The average molecular weight is 250 g/mol. The first kappa shape index (κ1) is 12.3. The van der Waals surface area contributed by atoms with Crippen LogP contribution in [0.25, 0.3) is 0 Å². The van der Waals surface area contributed by atoms with Gasteiger partial charge in [-0.25, -0.2) is 0 Å². The van der Waals surface area contributed by atoms with Gasteiger partial charge in [0.1, 0.15) is 0 Å². The minimum Gasteiger partial charge on any atom is -0.309 e. The second-order valence-electron chi connectivity index (χ2n) is 4.00.